The minimum atomic E-state index is -0.171. The van der Waals surface area contributed by atoms with Gasteiger partial charge in [-0.15, -0.1) is 0 Å². The van der Waals surface area contributed by atoms with Crippen LogP contribution in [0.25, 0.3) is 10.8 Å². The van der Waals surface area contributed by atoms with Crippen molar-refractivity contribution >= 4 is 10.8 Å². The molecule has 5 heteroatoms. The molecule has 0 radical (unpaired) electrons. The van der Waals surface area contributed by atoms with Crippen LogP contribution in [0.1, 0.15) is 24.5 Å². The molecular formula is C13H16N4O. The van der Waals surface area contributed by atoms with Gasteiger partial charge in [0.2, 0.25) is 0 Å². The van der Waals surface area contributed by atoms with Crippen molar-refractivity contribution in [2.45, 2.75) is 18.8 Å². The molecule has 0 unspecified atom stereocenters. The molecule has 0 spiro atoms. The number of H-pyrrole nitrogens is 1. The van der Waals surface area contributed by atoms with Crippen LogP contribution >= 0.6 is 0 Å². The van der Waals surface area contributed by atoms with Crippen LogP contribution in [-0.2, 0) is 0 Å². The van der Waals surface area contributed by atoms with Crippen molar-refractivity contribution in [3.8, 4) is 0 Å². The maximum absolute atomic E-state index is 11.5. The molecule has 1 aliphatic heterocycles. The fraction of sp³-hybridized carbons (Fsp3) is 0.462. The average Bonchev–Trinajstić information content (AvgIpc) is 2.39. The summed E-state index contributed by atoms with van der Waals surface area (Å²) in [5, 5.41) is 7.75. The second kappa shape index (κ2) is 4.49. The quantitative estimate of drug-likeness (QED) is 0.816. The summed E-state index contributed by atoms with van der Waals surface area (Å²) in [4.78, 5) is 18.3. The fourth-order valence-corrected chi connectivity index (χ4v) is 2.53. The fourth-order valence-electron chi connectivity index (χ4n) is 2.53. The Bertz CT molecular complexity index is 614. The number of fused-ring (bicyclic) bond motifs is 1. The van der Waals surface area contributed by atoms with Gasteiger partial charge >= 0.3 is 0 Å². The molecule has 1 aliphatic rings. The van der Waals surface area contributed by atoms with Crippen molar-refractivity contribution in [1.82, 2.24) is 20.1 Å². The number of aromatic amines is 1. The summed E-state index contributed by atoms with van der Waals surface area (Å²) in [5.74, 6) is 0.505. The minimum Gasteiger partial charge on any atom is -0.306 e. The summed E-state index contributed by atoms with van der Waals surface area (Å²) in [7, 11) is 2.15. The van der Waals surface area contributed by atoms with E-state index in [4.69, 9.17) is 0 Å². The van der Waals surface area contributed by atoms with Gasteiger partial charge in [0, 0.05) is 23.2 Å². The second-order valence-corrected chi connectivity index (χ2v) is 4.97. The van der Waals surface area contributed by atoms with Gasteiger partial charge in [-0.3, -0.25) is 9.78 Å². The van der Waals surface area contributed by atoms with Crippen LogP contribution in [0.4, 0.5) is 0 Å². The Labute approximate surface area is 105 Å². The molecule has 3 rings (SSSR count). The third-order valence-corrected chi connectivity index (χ3v) is 3.71. The molecular weight excluding hydrogens is 228 g/mol. The van der Waals surface area contributed by atoms with Crippen molar-refractivity contribution in [2.24, 2.45) is 0 Å². The van der Waals surface area contributed by atoms with Gasteiger partial charge in [0.25, 0.3) is 5.56 Å². The van der Waals surface area contributed by atoms with Crippen LogP contribution in [0, 0.1) is 0 Å². The number of aromatic nitrogens is 3. The Kier molecular flexibility index (Phi) is 2.83. The van der Waals surface area contributed by atoms with Crippen LogP contribution < -0.4 is 5.56 Å². The molecule has 1 saturated heterocycles. The molecule has 3 heterocycles. The first kappa shape index (κ1) is 11.3. The minimum absolute atomic E-state index is 0.171. The van der Waals surface area contributed by atoms with Crippen molar-refractivity contribution in [3.63, 3.8) is 0 Å². The van der Waals surface area contributed by atoms with E-state index in [2.05, 4.69) is 27.1 Å². The first-order valence-corrected chi connectivity index (χ1v) is 6.26. The topological polar surface area (TPSA) is 61.9 Å². The number of rotatable bonds is 1. The van der Waals surface area contributed by atoms with E-state index < -0.39 is 0 Å². The smallest absolute Gasteiger partial charge is 0.273 e. The lowest BCUT2D eigenvalue weighted by atomic mass is 9.93. The van der Waals surface area contributed by atoms with Gasteiger partial charge in [-0.05, 0) is 39.0 Å². The Morgan fingerprint density at radius 3 is 2.89 bits per heavy atom. The van der Waals surface area contributed by atoms with Crippen LogP contribution in [0.3, 0.4) is 0 Å². The third-order valence-electron chi connectivity index (χ3n) is 3.71. The zero-order valence-electron chi connectivity index (χ0n) is 10.4. The molecule has 0 amide bonds. The Balaban J connectivity index is 1.96. The van der Waals surface area contributed by atoms with Gasteiger partial charge in [-0.25, -0.2) is 5.10 Å². The highest BCUT2D eigenvalue weighted by Crippen LogP contribution is 2.27. The second-order valence-electron chi connectivity index (χ2n) is 4.97. The maximum Gasteiger partial charge on any atom is 0.273 e. The SMILES string of the molecule is CN1CCC(c2cc3cn[nH]c(=O)c3cn2)CC1. The number of hydrogen-bond donors (Lipinski definition) is 1. The molecule has 2 aromatic heterocycles. The number of nitrogens with zero attached hydrogens (tertiary/aromatic N) is 3. The van der Waals surface area contributed by atoms with Gasteiger partial charge in [-0.1, -0.05) is 0 Å². The summed E-state index contributed by atoms with van der Waals surface area (Å²) in [5.41, 5.74) is 0.915. The van der Waals surface area contributed by atoms with E-state index in [0.29, 0.717) is 11.3 Å². The third kappa shape index (κ3) is 2.01. The summed E-state index contributed by atoms with van der Waals surface area (Å²) in [6, 6.07) is 2.01. The standard InChI is InChI=1S/C13H16N4O/c1-17-4-2-9(3-5-17)12-6-10-7-15-16-13(18)11(10)8-14-12/h6-9H,2-5H2,1H3,(H,16,18). The van der Waals surface area contributed by atoms with E-state index in [0.717, 1.165) is 37.0 Å². The molecule has 0 aliphatic carbocycles. The van der Waals surface area contributed by atoms with Gasteiger partial charge in [-0.2, -0.15) is 5.10 Å². The predicted octanol–water partition coefficient (Wildman–Crippen LogP) is 1.13. The first-order valence-electron chi connectivity index (χ1n) is 6.26. The molecule has 5 nitrogen and oxygen atoms in total. The lowest BCUT2D eigenvalue weighted by Crippen LogP contribution is -2.29. The van der Waals surface area contributed by atoms with Crippen LogP contribution in [0.2, 0.25) is 0 Å². The normalized spacial score (nSPS) is 18.3. The van der Waals surface area contributed by atoms with Crippen LogP contribution in [-0.4, -0.2) is 40.2 Å². The molecule has 0 saturated carbocycles. The molecule has 1 fully saturated rings. The van der Waals surface area contributed by atoms with Crippen LogP contribution in [0.15, 0.2) is 23.3 Å². The summed E-state index contributed by atoms with van der Waals surface area (Å²) >= 11 is 0. The first-order chi connectivity index (χ1) is 8.74. The predicted molar refractivity (Wildman–Crippen MR) is 69.6 cm³/mol. The highest BCUT2D eigenvalue weighted by atomic mass is 16.1. The van der Waals surface area contributed by atoms with Gasteiger partial charge in [0.05, 0.1) is 11.6 Å². The molecule has 94 valence electrons. The van der Waals surface area contributed by atoms with E-state index in [9.17, 15) is 4.79 Å². The van der Waals surface area contributed by atoms with E-state index >= 15 is 0 Å². The van der Waals surface area contributed by atoms with Crippen molar-refractivity contribution in [2.75, 3.05) is 20.1 Å². The Morgan fingerprint density at radius 1 is 1.33 bits per heavy atom. The summed E-state index contributed by atoms with van der Waals surface area (Å²) in [6.07, 6.45) is 5.62. The lowest BCUT2D eigenvalue weighted by Gasteiger charge is -2.28. The Hall–Kier alpha value is -1.75. The number of pyridine rings is 1. The Morgan fingerprint density at radius 2 is 2.11 bits per heavy atom. The monoisotopic (exact) mass is 244 g/mol. The molecule has 0 atom stereocenters. The van der Waals surface area contributed by atoms with E-state index in [1.54, 1.807) is 12.4 Å². The molecule has 1 N–H and O–H groups in total. The van der Waals surface area contributed by atoms with Crippen molar-refractivity contribution < 1.29 is 0 Å². The van der Waals surface area contributed by atoms with Gasteiger partial charge in [0.15, 0.2) is 0 Å². The van der Waals surface area contributed by atoms with Gasteiger partial charge < -0.3 is 4.90 Å². The largest absolute Gasteiger partial charge is 0.306 e. The van der Waals surface area contributed by atoms with Crippen molar-refractivity contribution in [1.29, 1.82) is 0 Å². The van der Waals surface area contributed by atoms with E-state index in [1.165, 1.54) is 0 Å². The molecule has 0 bridgehead atoms. The molecule has 2 aromatic rings. The number of piperidine rings is 1. The molecule has 18 heavy (non-hydrogen) atoms. The summed E-state index contributed by atoms with van der Waals surface area (Å²) < 4.78 is 0. The highest BCUT2D eigenvalue weighted by molar-refractivity contribution is 5.79. The molecule has 0 aromatic carbocycles. The summed E-state index contributed by atoms with van der Waals surface area (Å²) in [6.45, 7) is 2.22. The van der Waals surface area contributed by atoms with E-state index in [1.807, 2.05) is 6.07 Å². The number of hydrogen-bond acceptors (Lipinski definition) is 4. The zero-order chi connectivity index (χ0) is 12.5. The maximum atomic E-state index is 11.5. The average molecular weight is 244 g/mol. The lowest BCUT2D eigenvalue weighted by molar-refractivity contribution is 0.253. The van der Waals surface area contributed by atoms with E-state index in [-0.39, 0.29) is 5.56 Å². The van der Waals surface area contributed by atoms with Crippen molar-refractivity contribution in [3.05, 3.63) is 34.5 Å². The number of likely N-dealkylation sites (tertiary alicyclic amines) is 1. The number of nitrogens with one attached hydrogen (secondary N) is 1. The van der Waals surface area contributed by atoms with Gasteiger partial charge in [0.1, 0.15) is 0 Å². The highest BCUT2D eigenvalue weighted by Gasteiger charge is 2.19. The van der Waals surface area contributed by atoms with Crippen LogP contribution in [0.5, 0.6) is 0 Å². The zero-order valence-corrected chi connectivity index (χ0v) is 10.4.